The van der Waals surface area contributed by atoms with Gasteiger partial charge in [0, 0.05) is 24.1 Å². The minimum atomic E-state index is -0.820. The first-order valence-electron chi connectivity index (χ1n) is 8.71. The topological polar surface area (TPSA) is 95.7 Å². The molecule has 0 spiro atoms. The fraction of sp³-hybridized carbons (Fsp3) is 0.706. The number of rotatable bonds is 9. The van der Waals surface area contributed by atoms with Gasteiger partial charge in [-0.05, 0) is 32.2 Å². The highest BCUT2D eigenvalue weighted by Crippen LogP contribution is 2.26. The molecule has 1 heterocycles. The van der Waals surface area contributed by atoms with Gasteiger partial charge in [-0.15, -0.1) is 0 Å². The monoisotopic (exact) mass is 337 g/mol. The lowest BCUT2D eigenvalue weighted by Gasteiger charge is -2.42. The largest absolute Gasteiger partial charge is 0.480 e. The summed E-state index contributed by atoms with van der Waals surface area (Å²) < 4.78 is 5.18. The van der Waals surface area contributed by atoms with Gasteiger partial charge in [-0.2, -0.15) is 0 Å². The molecule has 0 bridgehead atoms. The second-order valence-electron chi connectivity index (χ2n) is 6.38. The Morgan fingerprint density at radius 2 is 2.04 bits per heavy atom. The van der Waals surface area contributed by atoms with Crippen molar-refractivity contribution in [3.8, 4) is 0 Å². The molecule has 1 aromatic heterocycles. The minimum absolute atomic E-state index is 0.0444. The summed E-state index contributed by atoms with van der Waals surface area (Å²) in [7, 11) is 0. The predicted molar refractivity (Wildman–Crippen MR) is 89.0 cm³/mol. The molecule has 1 aliphatic carbocycles. The van der Waals surface area contributed by atoms with Crippen LogP contribution in [0.2, 0.25) is 0 Å². The molecule has 7 nitrogen and oxygen atoms in total. The average molecular weight is 337 g/mol. The number of aliphatic carboxylic acids is 1. The van der Waals surface area contributed by atoms with Gasteiger partial charge in [-0.25, -0.2) is 0 Å². The van der Waals surface area contributed by atoms with Crippen molar-refractivity contribution in [2.75, 3.05) is 13.1 Å². The van der Waals surface area contributed by atoms with Crippen LogP contribution >= 0.6 is 0 Å². The van der Waals surface area contributed by atoms with Crippen LogP contribution in [-0.4, -0.2) is 52.2 Å². The van der Waals surface area contributed by atoms with Crippen LogP contribution in [0.3, 0.4) is 0 Å². The van der Waals surface area contributed by atoms with E-state index in [-0.39, 0.29) is 30.3 Å². The second-order valence-corrected chi connectivity index (χ2v) is 6.38. The number of nitrogens with one attached hydrogen (secondary N) is 1. The molecule has 1 aliphatic rings. The summed E-state index contributed by atoms with van der Waals surface area (Å²) in [6, 6.07) is 2.00. The summed E-state index contributed by atoms with van der Waals surface area (Å²) in [4.78, 5) is 25.0. The third kappa shape index (κ3) is 4.35. The van der Waals surface area contributed by atoms with E-state index in [0.29, 0.717) is 12.5 Å². The highest BCUT2D eigenvalue weighted by Gasteiger charge is 2.35. The molecule has 24 heavy (non-hydrogen) atoms. The maximum absolute atomic E-state index is 12.2. The summed E-state index contributed by atoms with van der Waals surface area (Å²) in [5, 5.41) is 15.8. The minimum Gasteiger partial charge on any atom is -0.480 e. The zero-order valence-electron chi connectivity index (χ0n) is 14.6. The molecule has 1 amide bonds. The van der Waals surface area contributed by atoms with E-state index >= 15 is 0 Å². The molecule has 0 aromatic carbocycles. The third-order valence-corrected chi connectivity index (χ3v) is 4.87. The number of hydrogen-bond donors (Lipinski definition) is 2. The SMILES string of the molecule is CCC(CC)c1cc(C(=O)NC2CC(N(CC)CC(=O)O)C2)on1. The van der Waals surface area contributed by atoms with Crippen LogP contribution in [0.5, 0.6) is 0 Å². The molecule has 1 fully saturated rings. The van der Waals surface area contributed by atoms with E-state index in [1.165, 1.54) is 0 Å². The second kappa shape index (κ2) is 8.28. The van der Waals surface area contributed by atoms with E-state index in [1.807, 2.05) is 11.8 Å². The van der Waals surface area contributed by atoms with Gasteiger partial charge in [0.2, 0.25) is 5.76 Å². The maximum Gasteiger partial charge on any atom is 0.317 e. The van der Waals surface area contributed by atoms with Crippen molar-refractivity contribution in [1.82, 2.24) is 15.4 Å². The van der Waals surface area contributed by atoms with Crippen molar-refractivity contribution in [2.45, 2.75) is 64.5 Å². The highest BCUT2D eigenvalue weighted by molar-refractivity contribution is 5.91. The Labute approximate surface area is 142 Å². The van der Waals surface area contributed by atoms with Crippen molar-refractivity contribution >= 4 is 11.9 Å². The first-order chi connectivity index (χ1) is 11.5. The summed E-state index contributed by atoms with van der Waals surface area (Å²) in [5.74, 6) is -0.500. The van der Waals surface area contributed by atoms with Gasteiger partial charge in [-0.1, -0.05) is 25.9 Å². The fourth-order valence-corrected chi connectivity index (χ4v) is 3.23. The molecule has 0 aliphatic heterocycles. The van der Waals surface area contributed by atoms with E-state index in [1.54, 1.807) is 6.07 Å². The Hall–Kier alpha value is -1.89. The Morgan fingerprint density at radius 1 is 1.38 bits per heavy atom. The number of aromatic nitrogens is 1. The molecular formula is C17H27N3O4. The maximum atomic E-state index is 12.2. The zero-order valence-corrected chi connectivity index (χ0v) is 14.6. The van der Waals surface area contributed by atoms with Gasteiger partial charge < -0.3 is 14.9 Å². The molecule has 0 saturated heterocycles. The molecule has 1 saturated carbocycles. The van der Waals surface area contributed by atoms with E-state index in [2.05, 4.69) is 24.3 Å². The molecule has 0 atom stereocenters. The van der Waals surface area contributed by atoms with Gasteiger partial charge in [-0.3, -0.25) is 14.5 Å². The summed E-state index contributed by atoms with van der Waals surface area (Å²) >= 11 is 0. The lowest BCUT2D eigenvalue weighted by molar-refractivity contribution is -0.139. The predicted octanol–water partition coefficient (Wildman–Crippen LogP) is 2.25. The highest BCUT2D eigenvalue weighted by atomic mass is 16.5. The van der Waals surface area contributed by atoms with Crippen molar-refractivity contribution in [3.63, 3.8) is 0 Å². The Bertz CT molecular complexity index is 562. The third-order valence-electron chi connectivity index (χ3n) is 4.87. The number of nitrogens with zero attached hydrogens (tertiary/aromatic N) is 2. The van der Waals surface area contributed by atoms with Gasteiger partial charge in [0.25, 0.3) is 5.91 Å². The van der Waals surface area contributed by atoms with Crippen LogP contribution in [-0.2, 0) is 4.79 Å². The molecule has 2 N–H and O–H groups in total. The van der Waals surface area contributed by atoms with E-state index in [9.17, 15) is 9.59 Å². The van der Waals surface area contributed by atoms with Crippen molar-refractivity contribution < 1.29 is 19.2 Å². The Morgan fingerprint density at radius 3 is 2.58 bits per heavy atom. The van der Waals surface area contributed by atoms with Gasteiger partial charge in [0.1, 0.15) is 0 Å². The van der Waals surface area contributed by atoms with Crippen molar-refractivity contribution in [3.05, 3.63) is 17.5 Å². The first kappa shape index (κ1) is 18.4. The number of carboxylic acid groups (broad SMARTS) is 1. The number of hydrogen-bond acceptors (Lipinski definition) is 5. The van der Waals surface area contributed by atoms with Crippen LogP contribution in [0.25, 0.3) is 0 Å². The molecule has 2 rings (SSSR count). The average Bonchev–Trinajstić information content (AvgIpc) is 2.99. The summed E-state index contributed by atoms with van der Waals surface area (Å²) in [6.45, 7) is 6.87. The summed E-state index contributed by atoms with van der Waals surface area (Å²) in [6.07, 6.45) is 3.45. The van der Waals surface area contributed by atoms with Crippen LogP contribution in [0, 0.1) is 0 Å². The lowest BCUT2D eigenvalue weighted by atomic mass is 9.85. The molecular weight excluding hydrogens is 310 g/mol. The normalized spacial score (nSPS) is 20.2. The lowest BCUT2D eigenvalue weighted by Crippen LogP contribution is -2.54. The molecule has 7 heteroatoms. The van der Waals surface area contributed by atoms with Crippen molar-refractivity contribution in [2.24, 2.45) is 0 Å². The Kier molecular flexibility index (Phi) is 6.36. The molecule has 0 unspecified atom stereocenters. The van der Waals surface area contributed by atoms with E-state index in [4.69, 9.17) is 9.63 Å². The number of carboxylic acids is 1. The molecule has 1 aromatic rings. The van der Waals surface area contributed by atoms with Crippen LogP contribution < -0.4 is 5.32 Å². The number of amides is 1. The molecule has 0 radical (unpaired) electrons. The van der Waals surface area contributed by atoms with E-state index in [0.717, 1.165) is 31.4 Å². The smallest absolute Gasteiger partial charge is 0.317 e. The van der Waals surface area contributed by atoms with Gasteiger partial charge in [0.05, 0.1) is 12.2 Å². The number of carbonyl (C=O) groups is 2. The van der Waals surface area contributed by atoms with Crippen molar-refractivity contribution in [1.29, 1.82) is 0 Å². The standard InChI is InChI=1S/C17H27N3O4/c1-4-11(5-2)14-9-15(24-19-14)17(23)18-12-7-13(8-12)20(6-3)10-16(21)22/h9,11-13H,4-8,10H2,1-3H3,(H,18,23)(H,21,22). The first-order valence-corrected chi connectivity index (χ1v) is 8.71. The Balaban J connectivity index is 1.83. The van der Waals surface area contributed by atoms with Crippen LogP contribution in [0.15, 0.2) is 10.6 Å². The van der Waals surface area contributed by atoms with Gasteiger partial charge >= 0.3 is 5.97 Å². The fourth-order valence-electron chi connectivity index (χ4n) is 3.23. The quantitative estimate of drug-likeness (QED) is 0.717. The number of likely N-dealkylation sites (N-methyl/N-ethyl adjacent to an activating group) is 1. The molecule has 134 valence electrons. The number of carbonyl (C=O) groups excluding carboxylic acids is 1. The zero-order chi connectivity index (χ0) is 17.7. The van der Waals surface area contributed by atoms with Gasteiger partial charge in [0.15, 0.2) is 0 Å². The summed E-state index contributed by atoms with van der Waals surface area (Å²) in [5.41, 5.74) is 0.829. The van der Waals surface area contributed by atoms with Crippen LogP contribution in [0.4, 0.5) is 0 Å². The van der Waals surface area contributed by atoms with E-state index < -0.39 is 5.97 Å². The van der Waals surface area contributed by atoms with Crippen LogP contribution in [0.1, 0.15) is 68.6 Å².